The number of terminal acetylenes is 1. The van der Waals surface area contributed by atoms with Crippen molar-refractivity contribution in [1.29, 1.82) is 0 Å². The van der Waals surface area contributed by atoms with Crippen LogP contribution in [0.2, 0.25) is 0 Å². The highest BCUT2D eigenvalue weighted by atomic mass is 19.1. The number of aryl methyl sites for hydroxylation is 1. The first-order valence-electron chi connectivity index (χ1n) is 13.2. The van der Waals surface area contributed by atoms with Gasteiger partial charge in [0.2, 0.25) is 11.8 Å². The van der Waals surface area contributed by atoms with E-state index in [0.717, 1.165) is 12.0 Å². The topological polar surface area (TPSA) is 90.9 Å². The molecule has 3 N–H and O–H groups in total. The molecule has 0 saturated carbocycles. The molecule has 2 aromatic rings. The van der Waals surface area contributed by atoms with E-state index in [4.69, 9.17) is 11.2 Å². The fourth-order valence-corrected chi connectivity index (χ4v) is 4.50. The maximum absolute atomic E-state index is 14.7. The maximum atomic E-state index is 14.7. The number of aliphatic hydroxyl groups is 1. The number of aliphatic hydroxyl groups excluding tert-OH is 1. The Morgan fingerprint density at radius 1 is 1.24 bits per heavy atom. The lowest BCUT2D eigenvalue weighted by Gasteiger charge is -2.30. The van der Waals surface area contributed by atoms with Crippen LogP contribution in [0.4, 0.5) is 4.39 Å². The lowest BCUT2D eigenvalue weighted by atomic mass is 9.99. The van der Waals surface area contributed by atoms with Gasteiger partial charge in [-0.1, -0.05) is 37.3 Å². The van der Waals surface area contributed by atoms with E-state index in [2.05, 4.69) is 35.6 Å². The lowest BCUT2D eigenvalue weighted by molar-refractivity contribution is -0.139. The van der Waals surface area contributed by atoms with Crippen LogP contribution in [0.15, 0.2) is 42.5 Å². The molecular weight excluding hydrogens is 485 g/mol. The van der Waals surface area contributed by atoms with Crippen LogP contribution >= 0.6 is 0 Å². The summed E-state index contributed by atoms with van der Waals surface area (Å²) in [5.41, 5.74) is 2.91. The summed E-state index contributed by atoms with van der Waals surface area (Å²) in [6, 6.07) is 11.2. The predicted octanol–water partition coefficient (Wildman–Crippen LogP) is 2.98. The van der Waals surface area contributed by atoms with Crippen molar-refractivity contribution < 1.29 is 23.8 Å². The summed E-state index contributed by atoms with van der Waals surface area (Å²) in [5, 5.41) is 17.2. The highest BCUT2D eigenvalue weighted by molar-refractivity contribution is 5.88. The first kappa shape index (κ1) is 29.2. The van der Waals surface area contributed by atoms with Crippen LogP contribution in [0.5, 0.6) is 5.75 Å². The van der Waals surface area contributed by atoms with Gasteiger partial charge in [-0.05, 0) is 54.5 Å². The Morgan fingerprint density at radius 2 is 2.03 bits per heavy atom. The van der Waals surface area contributed by atoms with E-state index in [9.17, 15) is 19.1 Å². The zero-order valence-electron chi connectivity index (χ0n) is 22.2. The molecule has 38 heavy (non-hydrogen) atoms. The molecule has 2 amide bonds. The molecule has 0 radical (unpaired) electrons. The fraction of sp³-hybridized carbons (Fsp3) is 0.467. The summed E-state index contributed by atoms with van der Waals surface area (Å²) < 4.78 is 20.3. The first-order chi connectivity index (χ1) is 18.3. The number of nitrogens with zero attached hydrogens (tertiary/aromatic N) is 1. The molecular formula is C30H38FN3O4. The molecule has 8 heteroatoms. The average molecular weight is 524 g/mol. The van der Waals surface area contributed by atoms with Crippen molar-refractivity contribution in [3.05, 3.63) is 65.0 Å². The number of rotatable bonds is 7. The number of carbonyl (C=O) groups is 2. The minimum absolute atomic E-state index is 0.0370. The van der Waals surface area contributed by atoms with Gasteiger partial charge in [0.25, 0.3) is 0 Å². The quantitative estimate of drug-likeness (QED) is 0.486. The van der Waals surface area contributed by atoms with Crippen LogP contribution < -0.4 is 15.4 Å². The van der Waals surface area contributed by atoms with Gasteiger partial charge >= 0.3 is 0 Å². The molecule has 2 bridgehead atoms. The van der Waals surface area contributed by atoms with E-state index < -0.39 is 29.9 Å². The van der Waals surface area contributed by atoms with Gasteiger partial charge in [0, 0.05) is 33.0 Å². The highest BCUT2D eigenvalue weighted by Crippen LogP contribution is 2.21. The fourth-order valence-electron chi connectivity index (χ4n) is 4.50. The van der Waals surface area contributed by atoms with Crippen LogP contribution in [0.25, 0.3) is 0 Å². The standard InChI is InChI=1S/C30H38FN3O4/c1-4-9-26-30(37)33-25(27(35)20-32-19-23-11-8-10-21(5-2)16-23)18-22-13-14-28(24(31)17-22)38-15-7-6-12-29(36)34(26)3/h1,8,10-11,13-14,16-17,25-27,32,35H,5-7,9,12,15,18-20H2,2-3H3,(H,33,37). The zero-order valence-corrected chi connectivity index (χ0v) is 22.2. The van der Waals surface area contributed by atoms with Gasteiger partial charge in [-0.2, -0.15) is 0 Å². The molecule has 2 aliphatic heterocycles. The van der Waals surface area contributed by atoms with Gasteiger partial charge in [-0.25, -0.2) is 4.39 Å². The number of hydrogen-bond donors (Lipinski definition) is 3. The molecule has 7 nitrogen and oxygen atoms in total. The van der Waals surface area contributed by atoms with Crippen molar-refractivity contribution in [3.8, 4) is 18.1 Å². The summed E-state index contributed by atoms with van der Waals surface area (Å²) >= 11 is 0. The number of halogens is 1. The Morgan fingerprint density at radius 3 is 2.76 bits per heavy atom. The summed E-state index contributed by atoms with van der Waals surface area (Å²) in [7, 11) is 1.56. The Labute approximate surface area is 224 Å². The molecule has 3 atom stereocenters. The van der Waals surface area contributed by atoms with Gasteiger partial charge in [0.1, 0.15) is 6.04 Å². The van der Waals surface area contributed by atoms with Crippen molar-refractivity contribution in [1.82, 2.24) is 15.5 Å². The molecule has 3 unspecified atom stereocenters. The molecule has 2 heterocycles. The monoisotopic (exact) mass is 523 g/mol. The predicted molar refractivity (Wildman–Crippen MR) is 145 cm³/mol. The number of amides is 2. The van der Waals surface area contributed by atoms with Crippen LogP contribution in [-0.2, 0) is 29.0 Å². The lowest BCUT2D eigenvalue weighted by Crippen LogP contribution is -2.55. The summed E-state index contributed by atoms with van der Waals surface area (Å²) in [6.07, 6.45) is 6.99. The molecule has 2 aliphatic rings. The zero-order chi connectivity index (χ0) is 27.5. The minimum Gasteiger partial charge on any atom is -0.491 e. The Balaban J connectivity index is 1.80. The minimum atomic E-state index is -0.987. The van der Waals surface area contributed by atoms with Gasteiger partial charge in [-0.3, -0.25) is 9.59 Å². The number of hydrogen-bond acceptors (Lipinski definition) is 5. The van der Waals surface area contributed by atoms with Crippen LogP contribution in [-0.4, -0.2) is 60.2 Å². The van der Waals surface area contributed by atoms with Crippen LogP contribution in [0.3, 0.4) is 0 Å². The molecule has 0 aromatic heterocycles. The summed E-state index contributed by atoms with van der Waals surface area (Å²) in [4.78, 5) is 27.4. The highest BCUT2D eigenvalue weighted by Gasteiger charge is 2.30. The number of nitrogens with one attached hydrogen (secondary N) is 2. The number of carbonyl (C=O) groups excluding carboxylic acids is 2. The molecule has 0 aliphatic carbocycles. The number of benzene rings is 2. The van der Waals surface area contributed by atoms with Crippen molar-refractivity contribution in [2.45, 2.75) is 70.2 Å². The van der Waals surface area contributed by atoms with Gasteiger partial charge < -0.3 is 25.4 Å². The van der Waals surface area contributed by atoms with Crippen LogP contribution in [0, 0.1) is 18.2 Å². The Bertz CT molecular complexity index is 1130. The second kappa shape index (κ2) is 14.5. The third-order valence-corrected chi connectivity index (χ3v) is 6.84. The summed E-state index contributed by atoms with van der Waals surface area (Å²) in [6.45, 7) is 3.11. The number of fused-ring (bicyclic) bond motifs is 13. The Kier molecular flexibility index (Phi) is 11.1. The van der Waals surface area contributed by atoms with E-state index >= 15 is 0 Å². The molecule has 0 spiro atoms. The van der Waals surface area contributed by atoms with E-state index in [0.29, 0.717) is 24.9 Å². The van der Waals surface area contributed by atoms with Gasteiger partial charge in [-0.15, -0.1) is 12.3 Å². The molecule has 2 aromatic carbocycles. The largest absolute Gasteiger partial charge is 0.491 e. The van der Waals surface area contributed by atoms with Gasteiger partial charge in [0.15, 0.2) is 11.6 Å². The van der Waals surface area contributed by atoms with E-state index in [-0.39, 0.29) is 44.1 Å². The second-order valence-corrected chi connectivity index (χ2v) is 9.69. The van der Waals surface area contributed by atoms with Crippen molar-refractivity contribution in [2.24, 2.45) is 0 Å². The normalized spacial score (nSPS) is 19.9. The number of ether oxygens (including phenoxy) is 1. The molecule has 204 valence electrons. The number of likely N-dealkylation sites (N-methyl/N-ethyl adjacent to an activating group) is 1. The Hall–Kier alpha value is -3.41. The smallest absolute Gasteiger partial charge is 0.244 e. The molecule has 4 rings (SSSR count). The molecule has 0 fully saturated rings. The second-order valence-electron chi connectivity index (χ2n) is 9.69. The summed E-state index contributed by atoms with van der Waals surface area (Å²) in [5.74, 6) is 1.44. The SMILES string of the molecule is C#CCC1C(=O)NC(C(O)CNCc2cccc(CC)c2)Cc2ccc(c(F)c2)OCCCCC(=O)N1C. The van der Waals surface area contributed by atoms with E-state index in [1.54, 1.807) is 19.2 Å². The maximum Gasteiger partial charge on any atom is 0.244 e. The first-order valence-corrected chi connectivity index (χ1v) is 13.2. The third-order valence-electron chi connectivity index (χ3n) is 6.84. The third kappa shape index (κ3) is 8.30. The van der Waals surface area contributed by atoms with Gasteiger partial charge in [0.05, 0.1) is 18.8 Å². The molecule has 0 saturated heterocycles. The van der Waals surface area contributed by atoms with E-state index in [1.165, 1.54) is 16.5 Å². The van der Waals surface area contributed by atoms with Crippen LogP contribution in [0.1, 0.15) is 49.3 Å². The van der Waals surface area contributed by atoms with Crippen molar-refractivity contribution in [2.75, 3.05) is 20.2 Å². The van der Waals surface area contributed by atoms with Crippen molar-refractivity contribution >= 4 is 11.8 Å². The van der Waals surface area contributed by atoms with Crippen molar-refractivity contribution in [3.63, 3.8) is 0 Å². The van der Waals surface area contributed by atoms with E-state index in [1.807, 2.05) is 12.1 Å². The average Bonchev–Trinajstić information content (AvgIpc) is 2.91.